The first-order chi connectivity index (χ1) is 9.06. The van der Waals surface area contributed by atoms with Gasteiger partial charge in [0.1, 0.15) is 5.75 Å². The third-order valence-electron chi connectivity index (χ3n) is 3.91. The Morgan fingerprint density at radius 2 is 1.95 bits per heavy atom. The van der Waals surface area contributed by atoms with Crippen LogP contribution in [-0.2, 0) is 0 Å². The molecule has 19 heavy (non-hydrogen) atoms. The van der Waals surface area contributed by atoms with Crippen LogP contribution in [0.3, 0.4) is 0 Å². The highest BCUT2D eigenvalue weighted by atomic mass is 16.3. The summed E-state index contributed by atoms with van der Waals surface area (Å²) in [5, 5.41) is 13.5. The average molecular weight is 262 g/mol. The maximum absolute atomic E-state index is 9.95. The van der Waals surface area contributed by atoms with Crippen LogP contribution in [-0.4, -0.2) is 35.7 Å². The Bertz CT molecular complexity index is 413. The zero-order valence-corrected chi connectivity index (χ0v) is 12.3. The van der Waals surface area contributed by atoms with Crippen molar-refractivity contribution in [1.82, 2.24) is 10.2 Å². The van der Waals surface area contributed by atoms with Crippen LogP contribution in [0.1, 0.15) is 43.9 Å². The molecule has 0 radical (unpaired) electrons. The van der Waals surface area contributed by atoms with Crippen LogP contribution in [0.5, 0.6) is 5.75 Å². The van der Waals surface area contributed by atoms with Gasteiger partial charge in [-0.2, -0.15) is 0 Å². The molecule has 0 aliphatic carbocycles. The van der Waals surface area contributed by atoms with E-state index in [0.29, 0.717) is 11.8 Å². The second-order valence-corrected chi connectivity index (χ2v) is 5.86. The van der Waals surface area contributed by atoms with Crippen molar-refractivity contribution in [3.05, 3.63) is 29.3 Å². The Hall–Kier alpha value is -1.06. The normalized spacial score (nSPS) is 19.5. The summed E-state index contributed by atoms with van der Waals surface area (Å²) >= 11 is 0. The summed E-state index contributed by atoms with van der Waals surface area (Å²) in [5.41, 5.74) is 2.18. The predicted molar refractivity (Wildman–Crippen MR) is 79.5 cm³/mol. The van der Waals surface area contributed by atoms with Crippen molar-refractivity contribution in [2.24, 2.45) is 0 Å². The monoisotopic (exact) mass is 262 g/mol. The molecule has 0 spiro atoms. The van der Waals surface area contributed by atoms with Gasteiger partial charge in [-0.1, -0.05) is 17.7 Å². The fourth-order valence-electron chi connectivity index (χ4n) is 2.94. The Labute approximate surface area is 116 Å². The molecule has 1 saturated heterocycles. The summed E-state index contributed by atoms with van der Waals surface area (Å²) in [7, 11) is 0. The minimum atomic E-state index is 0.178. The first kappa shape index (κ1) is 14.4. The summed E-state index contributed by atoms with van der Waals surface area (Å²) in [6, 6.07) is 6.41. The molecule has 0 aromatic heterocycles. The van der Waals surface area contributed by atoms with Crippen LogP contribution in [0, 0.1) is 6.92 Å². The van der Waals surface area contributed by atoms with Crippen molar-refractivity contribution in [3.63, 3.8) is 0 Å². The van der Waals surface area contributed by atoms with E-state index in [9.17, 15) is 5.11 Å². The molecule has 2 N–H and O–H groups in total. The van der Waals surface area contributed by atoms with E-state index in [1.165, 1.54) is 31.5 Å². The highest BCUT2D eigenvalue weighted by Gasteiger charge is 2.17. The van der Waals surface area contributed by atoms with Gasteiger partial charge < -0.3 is 15.3 Å². The number of aryl methyl sites for hydroxylation is 1. The lowest BCUT2D eigenvalue weighted by Crippen LogP contribution is -2.39. The van der Waals surface area contributed by atoms with Gasteiger partial charge in [-0.05, 0) is 52.8 Å². The minimum absolute atomic E-state index is 0.178. The van der Waals surface area contributed by atoms with Gasteiger partial charge in [0.15, 0.2) is 0 Å². The van der Waals surface area contributed by atoms with Gasteiger partial charge in [-0.25, -0.2) is 0 Å². The summed E-state index contributed by atoms with van der Waals surface area (Å²) in [6.45, 7) is 9.96. The number of nitrogens with one attached hydrogen (secondary N) is 1. The molecule has 2 atom stereocenters. The minimum Gasteiger partial charge on any atom is -0.508 e. The molecule has 1 aliphatic rings. The molecule has 1 aromatic carbocycles. The molecule has 1 fully saturated rings. The van der Waals surface area contributed by atoms with Crippen molar-refractivity contribution in [2.45, 2.75) is 45.7 Å². The number of benzene rings is 1. The second-order valence-electron chi connectivity index (χ2n) is 5.86. The van der Waals surface area contributed by atoms with Crippen LogP contribution in [0.2, 0.25) is 0 Å². The number of likely N-dealkylation sites (tertiary alicyclic amines) is 1. The summed E-state index contributed by atoms with van der Waals surface area (Å²) in [6.07, 6.45) is 2.67. The molecule has 1 aromatic rings. The van der Waals surface area contributed by atoms with Gasteiger partial charge in [-0.15, -0.1) is 0 Å². The molecule has 3 nitrogen and oxygen atoms in total. The zero-order valence-electron chi connectivity index (χ0n) is 12.3. The Kier molecular flexibility index (Phi) is 4.83. The Morgan fingerprint density at radius 3 is 2.63 bits per heavy atom. The van der Waals surface area contributed by atoms with Gasteiger partial charge in [0.05, 0.1) is 0 Å². The number of hydrogen-bond donors (Lipinski definition) is 2. The maximum Gasteiger partial charge on any atom is 0.120 e. The molecule has 1 aliphatic heterocycles. The number of phenols is 1. The Morgan fingerprint density at radius 1 is 1.26 bits per heavy atom. The highest BCUT2D eigenvalue weighted by Crippen LogP contribution is 2.25. The molecule has 106 valence electrons. The zero-order chi connectivity index (χ0) is 13.8. The lowest BCUT2D eigenvalue weighted by Gasteiger charge is -2.25. The van der Waals surface area contributed by atoms with Gasteiger partial charge in [0.25, 0.3) is 0 Å². The number of aromatic hydroxyl groups is 1. The molecule has 2 rings (SSSR count). The van der Waals surface area contributed by atoms with Crippen LogP contribution in [0.4, 0.5) is 0 Å². The van der Waals surface area contributed by atoms with Crippen LogP contribution in [0.25, 0.3) is 0 Å². The van der Waals surface area contributed by atoms with E-state index < -0.39 is 0 Å². The van der Waals surface area contributed by atoms with Gasteiger partial charge >= 0.3 is 0 Å². The van der Waals surface area contributed by atoms with E-state index in [-0.39, 0.29) is 6.04 Å². The van der Waals surface area contributed by atoms with Gasteiger partial charge in [-0.3, -0.25) is 0 Å². The van der Waals surface area contributed by atoms with E-state index in [2.05, 4.69) is 37.1 Å². The maximum atomic E-state index is 9.95. The van der Waals surface area contributed by atoms with Gasteiger partial charge in [0, 0.05) is 24.2 Å². The van der Waals surface area contributed by atoms with E-state index in [0.717, 1.165) is 12.1 Å². The van der Waals surface area contributed by atoms with Crippen molar-refractivity contribution in [2.75, 3.05) is 19.6 Å². The van der Waals surface area contributed by atoms with E-state index in [1.54, 1.807) is 6.07 Å². The molecular formula is C16H26N2O. The number of hydrogen-bond acceptors (Lipinski definition) is 3. The van der Waals surface area contributed by atoms with E-state index in [1.807, 2.05) is 6.07 Å². The molecule has 0 amide bonds. The van der Waals surface area contributed by atoms with Crippen LogP contribution >= 0.6 is 0 Å². The Balaban J connectivity index is 1.91. The fourth-order valence-corrected chi connectivity index (χ4v) is 2.94. The van der Waals surface area contributed by atoms with E-state index >= 15 is 0 Å². The second kappa shape index (κ2) is 6.40. The number of rotatable bonds is 5. The largest absolute Gasteiger partial charge is 0.508 e. The molecule has 1 heterocycles. The van der Waals surface area contributed by atoms with Crippen molar-refractivity contribution < 1.29 is 5.11 Å². The average Bonchev–Trinajstić information content (AvgIpc) is 2.84. The molecular weight excluding hydrogens is 236 g/mol. The van der Waals surface area contributed by atoms with Crippen molar-refractivity contribution in [3.8, 4) is 5.75 Å². The summed E-state index contributed by atoms with van der Waals surface area (Å²) < 4.78 is 0. The first-order valence-electron chi connectivity index (χ1n) is 7.34. The first-order valence-corrected chi connectivity index (χ1v) is 7.34. The standard InChI is InChI=1S/C16H26N2O/c1-12-6-7-16(19)15(10-12)14(3)17-13(2)11-18-8-4-5-9-18/h6-7,10,13-14,17,19H,4-5,8-9,11H2,1-3H3. The third kappa shape index (κ3) is 3.95. The quantitative estimate of drug-likeness (QED) is 0.856. The lowest BCUT2D eigenvalue weighted by atomic mass is 10.0. The number of nitrogens with zero attached hydrogens (tertiary/aromatic N) is 1. The topological polar surface area (TPSA) is 35.5 Å². The van der Waals surface area contributed by atoms with Crippen molar-refractivity contribution in [1.29, 1.82) is 0 Å². The fraction of sp³-hybridized carbons (Fsp3) is 0.625. The highest BCUT2D eigenvalue weighted by molar-refractivity contribution is 5.37. The van der Waals surface area contributed by atoms with E-state index in [4.69, 9.17) is 0 Å². The summed E-state index contributed by atoms with van der Waals surface area (Å²) in [5.74, 6) is 0.388. The van der Waals surface area contributed by atoms with Crippen LogP contribution in [0.15, 0.2) is 18.2 Å². The lowest BCUT2D eigenvalue weighted by molar-refractivity contribution is 0.288. The molecule has 0 saturated carbocycles. The van der Waals surface area contributed by atoms with Gasteiger partial charge in [0.2, 0.25) is 0 Å². The number of phenolic OH excluding ortho intramolecular Hbond substituents is 1. The SMILES string of the molecule is Cc1ccc(O)c(C(C)NC(C)CN2CCCC2)c1. The molecule has 0 bridgehead atoms. The van der Waals surface area contributed by atoms with Crippen molar-refractivity contribution >= 4 is 0 Å². The molecule has 3 heteroatoms. The molecule has 2 unspecified atom stereocenters. The third-order valence-corrected chi connectivity index (χ3v) is 3.91. The smallest absolute Gasteiger partial charge is 0.120 e. The summed E-state index contributed by atoms with van der Waals surface area (Å²) in [4.78, 5) is 2.51. The predicted octanol–water partition coefficient (Wildman–Crippen LogP) is 2.84. The van der Waals surface area contributed by atoms with Crippen LogP contribution < -0.4 is 5.32 Å².